The van der Waals surface area contributed by atoms with Crippen molar-refractivity contribution in [2.75, 3.05) is 0 Å². The van der Waals surface area contributed by atoms with Crippen molar-refractivity contribution in [2.24, 2.45) is 18.0 Å². The first-order valence-electron chi connectivity index (χ1n) is 4.76. The van der Waals surface area contributed by atoms with Crippen LogP contribution in [0.25, 0.3) is 11.3 Å². The maximum absolute atomic E-state index is 10.5. The monoisotopic (exact) mass is 250 g/mol. The predicted octanol–water partition coefficient (Wildman–Crippen LogP) is 1.44. The zero-order valence-corrected chi connectivity index (χ0v) is 9.85. The number of thiazole rings is 1. The van der Waals surface area contributed by atoms with Crippen LogP contribution in [0.15, 0.2) is 34.7 Å². The molecule has 0 saturated carbocycles. The molecule has 0 bridgehead atoms. The molecule has 0 aliphatic heterocycles. The first-order valence-corrected chi connectivity index (χ1v) is 5.64. The van der Waals surface area contributed by atoms with E-state index in [9.17, 15) is 10.1 Å². The zero-order chi connectivity index (χ0) is 12.4. The maximum Gasteiger partial charge on any atom is 0.269 e. The van der Waals surface area contributed by atoms with E-state index >= 15 is 0 Å². The number of nitrogens with two attached hydrogens (primary N) is 1. The van der Waals surface area contributed by atoms with Gasteiger partial charge in [0, 0.05) is 24.6 Å². The number of hydrogen-bond donors (Lipinski definition) is 1. The van der Waals surface area contributed by atoms with E-state index in [1.54, 1.807) is 12.1 Å². The fourth-order valence-electron chi connectivity index (χ4n) is 1.50. The summed E-state index contributed by atoms with van der Waals surface area (Å²) in [5.74, 6) is 5.23. The number of rotatable bonds is 2. The van der Waals surface area contributed by atoms with Gasteiger partial charge in [-0.05, 0) is 17.7 Å². The molecule has 0 aliphatic rings. The van der Waals surface area contributed by atoms with Crippen LogP contribution in [-0.2, 0) is 7.05 Å². The number of aromatic nitrogens is 1. The van der Waals surface area contributed by atoms with Crippen LogP contribution in [0.3, 0.4) is 0 Å². The lowest BCUT2D eigenvalue weighted by Gasteiger charge is -2.01. The summed E-state index contributed by atoms with van der Waals surface area (Å²) in [6.07, 6.45) is 0. The van der Waals surface area contributed by atoms with Crippen LogP contribution >= 0.6 is 11.3 Å². The van der Waals surface area contributed by atoms with E-state index in [0.29, 0.717) is 4.80 Å². The van der Waals surface area contributed by atoms with Crippen molar-refractivity contribution in [2.45, 2.75) is 0 Å². The Bertz CT molecular complexity index is 612. The van der Waals surface area contributed by atoms with Crippen LogP contribution in [0, 0.1) is 10.1 Å². The van der Waals surface area contributed by atoms with E-state index in [-0.39, 0.29) is 5.69 Å². The number of nitro benzene ring substituents is 1. The van der Waals surface area contributed by atoms with E-state index in [4.69, 9.17) is 5.84 Å². The zero-order valence-electron chi connectivity index (χ0n) is 9.03. The van der Waals surface area contributed by atoms with Crippen molar-refractivity contribution in [3.63, 3.8) is 0 Å². The lowest BCUT2D eigenvalue weighted by Crippen LogP contribution is -2.13. The van der Waals surface area contributed by atoms with Crippen LogP contribution in [-0.4, -0.2) is 9.49 Å². The predicted molar refractivity (Wildman–Crippen MR) is 65.1 cm³/mol. The Morgan fingerprint density at radius 1 is 1.41 bits per heavy atom. The molecular formula is C10H10N4O2S. The van der Waals surface area contributed by atoms with Gasteiger partial charge in [-0.3, -0.25) is 10.1 Å². The summed E-state index contributed by atoms with van der Waals surface area (Å²) < 4.78 is 1.84. The Morgan fingerprint density at radius 2 is 2.06 bits per heavy atom. The largest absolute Gasteiger partial charge is 0.320 e. The Morgan fingerprint density at radius 3 is 2.53 bits per heavy atom. The first-order chi connectivity index (χ1) is 8.13. The second kappa shape index (κ2) is 4.38. The molecule has 2 aromatic rings. The van der Waals surface area contributed by atoms with E-state index in [2.05, 4.69) is 5.10 Å². The molecule has 0 saturated heterocycles. The fourth-order valence-corrected chi connectivity index (χ4v) is 2.33. The van der Waals surface area contributed by atoms with Gasteiger partial charge in [0.05, 0.1) is 10.6 Å². The molecule has 0 atom stereocenters. The van der Waals surface area contributed by atoms with Gasteiger partial charge in [-0.25, -0.2) is 0 Å². The van der Waals surface area contributed by atoms with Crippen molar-refractivity contribution in [1.29, 1.82) is 0 Å². The van der Waals surface area contributed by atoms with E-state index < -0.39 is 4.92 Å². The molecule has 1 aromatic carbocycles. The molecule has 7 heteroatoms. The third-order valence-electron chi connectivity index (χ3n) is 2.41. The Labute approximate surface area is 101 Å². The smallest absolute Gasteiger partial charge is 0.269 e. The third kappa shape index (κ3) is 2.04. The number of non-ortho nitro benzene ring substituents is 1. The summed E-state index contributed by atoms with van der Waals surface area (Å²) in [4.78, 5) is 10.8. The molecule has 0 spiro atoms. The van der Waals surface area contributed by atoms with Gasteiger partial charge in [0.25, 0.3) is 5.69 Å². The van der Waals surface area contributed by atoms with Gasteiger partial charge in [0.15, 0.2) is 0 Å². The van der Waals surface area contributed by atoms with Crippen molar-refractivity contribution < 1.29 is 4.92 Å². The lowest BCUT2D eigenvalue weighted by molar-refractivity contribution is -0.384. The summed E-state index contributed by atoms with van der Waals surface area (Å²) in [6.45, 7) is 0. The van der Waals surface area contributed by atoms with Gasteiger partial charge in [-0.15, -0.1) is 11.3 Å². The molecule has 0 fully saturated rings. The number of benzene rings is 1. The average Bonchev–Trinajstić information content (AvgIpc) is 2.70. The van der Waals surface area contributed by atoms with Crippen LogP contribution in [0.2, 0.25) is 0 Å². The standard InChI is InChI=1S/C10H10N4O2S/c1-13-9(6-17-10(13)12-11)7-2-4-8(5-3-7)14(15)16/h2-6H,11H2,1H3. The van der Waals surface area contributed by atoms with Gasteiger partial charge in [-0.1, -0.05) is 0 Å². The first kappa shape index (κ1) is 11.3. The molecule has 0 unspecified atom stereocenters. The second-order valence-corrected chi connectivity index (χ2v) is 4.23. The topological polar surface area (TPSA) is 86.4 Å². The Balaban J connectivity index is 2.47. The van der Waals surface area contributed by atoms with E-state index in [0.717, 1.165) is 11.3 Å². The van der Waals surface area contributed by atoms with Crippen LogP contribution in [0.4, 0.5) is 5.69 Å². The van der Waals surface area contributed by atoms with Crippen LogP contribution in [0.5, 0.6) is 0 Å². The van der Waals surface area contributed by atoms with Crippen molar-refractivity contribution in [1.82, 2.24) is 4.57 Å². The molecule has 17 heavy (non-hydrogen) atoms. The minimum Gasteiger partial charge on any atom is -0.320 e. The summed E-state index contributed by atoms with van der Waals surface area (Å²) >= 11 is 1.42. The Hall–Kier alpha value is -2.15. The van der Waals surface area contributed by atoms with Gasteiger partial charge in [0.1, 0.15) is 0 Å². The number of hydrogen-bond acceptors (Lipinski definition) is 5. The van der Waals surface area contributed by atoms with E-state index in [1.807, 2.05) is 17.0 Å². The summed E-state index contributed by atoms with van der Waals surface area (Å²) in [6, 6.07) is 6.37. The van der Waals surface area contributed by atoms with Crippen molar-refractivity contribution in [3.8, 4) is 11.3 Å². The highest BCUT2D eigenvalue weighted by atomic mass is 32.1. The van der Waals surface area contributed by atoms with Crippen LogP contribution in [0.1, 0.15) is 0 Å². The minimum absolute atomic E-state index is 0.0790. The molecule has 88 valence electrons. The molecule has 2 N–H and O–H groups in total. The van der Waals surface area contributed by atoms with Crippen molar-refractivity contribution >= 4 is 17.0 Å². The molecule has 1 heterocycles. The normalized spacial score (nSPS) is 11.7. The highest BCUT2D eigenvalue weighted by Gasteiger charge is 2.08. The molecule has 1 aromatic heterocycles. The summed E-state index contributed by atoms with van der Waals surface area (Å²) in [7, 11) is 1.85. The van der Waals surface area contributed by atoms with Gasteiger partial charge < -0.3 is 10.4 Å². The van der Waals surface area contributed by atoms with Crippen LogP contribution < -0.4 is 10.6 Å². The minimum atomic E-state index is -0.419. The summed E-state index contributed by atoms with van der Waals surface area (Å²) in [5.41, 5.74) is 1.90. The fraction of sp³-hybridized carbons (Fsp3) is 0.100. The second-order valence-electron chi connectivity index (χ2n) is 3.40. The molecule has 6 nitrogen and oxygen atoms in total. The maximum atomic E-state index is 10.5. The molecule has 0 amide bonds. The average molecular weight is 250 g/mol. The highest BCUT2D eigenvalue weighted by Crippen LogP contribution is 2.22. The SMILES string of the molecule is Cn1c(-c2ccc([N+](=O)[O-])cc2)csc1=NN. The molecule has 0 radical (unpaired) electrons. The van der Waals surface area contributed by atoms with Gasteiger partial charge >= 0.3 is 0 Å². The van der Waals surface area contributed by atoms with Crippen molar-refractivity contribution in [3.05, 3.63) is 44.6 Å². The van der Waals surface area contributed by atoms with Gasteiger partial charge in [-0.2, -0.15) is 5.10 Å². The molecule has 2 rings (SSSR count). The molecular weight excluding hydrogens is 240 g/mol. The quantitative estimate of drug-likeness (QED) is 0.497. The number of nitro groups is 1. The van der Waals surface area contributed by atoms with Gasteiger partial charge in [0.2, 0.25) is 4.80 Å². The Kier molecular flexibility index (Phi) is 2.92. The summed E-state index contributed by atoms with van der Waals surface area (Å²) in [5, 5.41) is 16.1. The highest BCUT2D eigenvalue weighted by molar-refractivity contribution is 7.07. The lowest BCUT2D eigenvalue weighted by atomic mass is 10.1. The van der Waals surface area contributed by atoms with E-state index in [1.165, 1.54) is 23.5 Å². The number of nitrogens with zero attached hydrogens (tertiary/aromatic N) is 3. The molecule has 0 aliphatic carbocycles. The third-order valence-corrected chi connectivity index (χ3v) is 3.34.